The van der Waals surface area contributed by atoms with Crippen molar-refractivity contribution >= 4 is 0 Å². The van der Waals surface area contributed by atoms with Crippen molar-refractivity contribution in [3.8, 4) is 0 Å². The Hall–Kier alpha value is -0.0800. The molecule has 0 heterocycles. The van der Waals surface area contributed by atoms with Gasteiger partial charge in [0.25, 0.3) is 0 Å². The number of methoxy groups -OCH3 is 1. The molecule has 2 heteroatoms. The number of hydrogen-bond acceptors (Lipinski definition) is 2. The normalized spacial score (nSPS) is 16.4. The van der Waals surface area contributed by atoms with Gasteiger partial charge in [-0.2, -0.15) is 0 Å². The second-order valence-electron chi connectivity index (χ2n) is 2.94. The van der Waals surface area contributed by atoms with Crippen LogP contribution in [0, 0.1) is 0 Å². The highest BCUT2D eigenvalue weighted by Gasteiger charge is 2.08. The summed E-state index contributed by atoms with van der Waals surface area (Å²) in [5.41, 5.74) is 0. The number of ether oxygens (including phenoxy) is 1. The Kier molecular flexibility index (Phi) is 6.57. The lowest BCUT2D eigenvalue weighted by molar-refractivity contribution is 0.100. The summed E-state index contributed by atoms with van der Waals surface area (Å²) in [5, 5.41) is 3.42. The SMILES string of the molecule is CCNC(CC)CC(C)OC. The Balaban J connectivity index is 3.49. The maximum Gasteiger partial charge on any atom is 0.0558 e. The van der Waals surface area contributed by atoms with Crippen molar-refractivity contribution in [3.05, 3.63) is 0 Å². The quantitative estimate of drug-likeness (QED) is 0.638. The molecule has 11 heavy (non-hydrogen) atoms. The fourth-order valence-electron chi connectivity index (χ4n) is 1.18. The third kappa shape index (κ3) is 5.22. The van der Waals surface area contributed by atoms with Gasteiger partial charge in [0.2, 0.25) is 0 Å². The number of hydrogen-bond donors (Lipinski definition) is 1. The Morgan fingerprint density at radius 2 is 2.00 bits per heavy atom. The molecule has 0 spiro atoms. The largest absolute Gasteiger partial charge is 0.382 e. The summed E-state index contributed by atoms with van der Waals surface area (Å²) in [6.07, 6.45) is 2.67. The van der Waals surface area contributed by atoms with Crippen molar-refractivity contribution in [2.45, 2.75) is 45.8 Å². The van der Waals surface area contributed by atoms with E-state index in [0.717, 1.165) is 13.0 Å². The first-order valence-corrected chi connectivity index (χ1v) is 4.50. The Bertz CT molecular complexity index is 85.6. The molecular weight excluding hydrogens is 138 g/mol. The van der Waals surface area contributed by atoms with Crippen LogP contribution in [0.4, 0.5) is 0 Å². The fraction of sp³-hybridized carbons (Fsp3) is 1.00. The van der Waals surface area contributed by atoms with Crippen LogP contribution in [0.3, 0.4) is 0 Å². The van der Waals surface area contributed by atoms with Crippen molar-refractivity contribution in [1.82, 2.24) is 5.32 Å². The molecule has 0 aromatic carbocycles. The lowest BCUT2D eigenvalue weighted by atomic mass is 10.1. The van der Waals surface area contributed by atoms with E-state index in [1.807, 2.05) is 0 Å². The Morgan fingerprint density at radius 1 is 1.36 bits per heavy atom. The summed E-state index contributed by atoms with van der Waals surface area (Å²) in [7, 11) is 1.77. The van der Waals surface area contributed by atoms with Crippen LogP contribution in [0.5, 0.6) is 0 Å². The van der Waals surface area contributed by atoms with Gasteiger partial charge in [-0.05, 0) is 26.3 Å². The van der Waals surface area contributed by atoms with Crippen molar-refractivity contribution < 1.29 is 4.74 Å². The average molecular weight is 159 g/mol. The highest BCUT2D eigenvalue weighted by atomic mass is 16.5. The molecule has 2 atom stereocenters. The van der Waals surface area contributed by atoms with Crippen LogP contribution < -0.4 is 5.32 Å². The van der Waals surface area contributed by atoms with E-state index in [2.05, 4.69) is 26.1 Å². The van der Waals surface area contributed by atoms with E-state index < -0.39 is 0 Å². The standard InChI is InChI=1S/C9H21NO/c1-5-9(10-6-2)7-8(3)11-4/h8-10H,5-7H2,1-4H3. The van der Waals surface area contributed by atoms with Gasteiger partial charge in [-0.1, -0.05) is 13.8 Å². The van der Waals surface area contributed by atoms with Gasteiger partial charge in [0.15, 0.2) is 0 Å². The van der Waals surface area contributed by atoms with E-state index in [0.29, 0.717) is 12.1 Å². The van der Waals surface area contributed by atoms with Gasteiger partial charge in [0, 0.05) is 13.2 Å². The molecule has 0 aromatic rings. The van der Waals surface area contributed by atoms with E-state index in [1.165, 1.54) is 6.42 Å². The zero-order chi connectivity index (χ0) is 8.69. The van der Waals surface area contributed by atoms with Crippen molar-refractivity contribution in [1.29, 1.82) is 0 Å². The zero-order valence-corrected chi connectivity index (χ0v) is 8.18. The van der Waals surface area contributed by atoms with E-state index in [-0.39, 0.29) is 0 Å². The Labute approximate surface area is 70.3 Å². The van der Waals surface area contributed by atoms with Crippen LogP contribution in [0.1, 0.15) is 33.6 Å². The molecule has 68 valence electrons. The maximum atomic E-state index is 5.19. The molecular formula is C9H21NO. The van der Waals surface area contributed by atoms with E-state index >= 15 is 0 Å². The summed E-state index contributed by atoms with van der Waals surface area (Å²) >= 11 is 0. The molecule has 1 N–H and O–H groups in total. The predicted molar refractivity (Wildman–Crippen MR) is 48.8 cm³/mol. The summed E-state index contributed by atoms with van der Waals surface area (Å²) < 4.78 is 5.19. The van der Waals surface area contributed by atoms with Gasteiger partial charge >= 0.3 is 0 Å². The molecule has 0 saturated heterocycles. The molecule has 2 nitrogen and oxygen atoms in total. The van der Waals surface area contributed by atoms with Gasteiger partial charge < -0.3 is 10.1 Å². The lowest BCUT2D eigenvalue weighted by Crippen LogP contribution is -2.31. The molecule has 0 amide bonds. The third-order valence-corrected chi connectivity index (χ3v) is 2.00. The molecule has 2 unspecified atom stereocenters. The van der Waals surface area contributed by atoms with Crippen LogP contribution in [-0.2, 0) is 4.74 Å². The molecule has 0 aliphatic heterocycles. The van der Waals surface area contributed by atoms with Crippen molar-refractivity contribution in [3.63, 3.8) is 0 Å². The van der Waals surface area contributed by atoms with Crippen LogP contribution in [-0.4, -0.2) is 25.8 Å². The number of nitrogens with one attached hydrogen (secondary N) is 1. The second-order valence-corrected chi connectivity index (χ2v) is 2.94. The smallest absolute Gasteiger partial charge is 0.0558 e. The van der Waals surface area contributed by atoms with Crippen molar-refractivity contribution in [2.75, 3.05) is 13.7 Å². The minimum atomic E-state index is 0.374. The van der Waals surface area contributed by atoms with Gasteiger partial charge in [-0.3, -0.25) is 0 Å². The molecule has 0 saturated carbocycles. The molecule has 0 radical (unpaired) electrons. The molecule has 0 aromatic heterocycles. The van der Waals surface area contributed by atoms with Crippen LogP contribution in [0.25, 0.3) is 0 Å². The lowest BCUT2D eigenvalue weighted by Gasteiger charge is -2.19. The number of rotatable bonds is 6. The first-order valence-electron chi connectivity index (χ1n) is 4.50. The summed E-state index contributed by atoms with van der Waals surface area (Å²) in [6.45, 7) is 7.50. The summed E-state index contributed by atoms with van der Waals surface area (Å²) in [5.74, 6) is 0. The predicted octanol–water partition coefficient (Wildman–Crippen LogP) is 1.80. The average Bonchev–Trinajstić information content (AvgIpc) is 2.03. The van der Waals surface area contributed by atoms with Gasteiger partial charge in [0.1, 0.15) is 0 Å². The van der Waals surface area contributed by atoms with E-state index in [4.69, 9.17) is 4.74 Å². The van der Waals surface area contributed by atoms with Crippen LogP contribution in [0.2, 0.25) is 0 Å². The monoisotopic (exact) mass is 159 g/mol. The van der Waals surface area contributed by atoms with Crippen molar-refractivity contribution in [2.24, 2.45) is 0 Å². The highest BCUT2D eigenvalue weighted by molar-refractivity contribution is 4.67. The molecule has 0 fully saturated rings. The van der Waals surface area contributed by atoms with Gasteiger partial charge in [0.05, 0.1) is 6.10 Å². The van der Waals surface area contributed by atoms with Crippen LogP contribution in [0.15, 0.2) is 0 Å². The van der Waals surface area contributed by atoms with Gasteiger partial charge in [-0.25, -0.2) is 0 Å². The van der Waals surface area contributed by atoms with Crippen LogP contribution >= 0.6 is 0 Å². The summed E-state index contributed by atoms with van der Waals surface area (Å²) in [6, 6.07) is 0.620. The molecule has 0 aliphatic rings. The summed E-state index contributed by atoms with van der Waals surface area (Å²) in [4.78, 5) is 0. The minimum Gasteiger partial charge on any atom is -0.382 e. The van der Waals surface area contributed by atoms with E-state index in [1.54, 1.807) is 7.11 Å². The topological polar surface area (TPSA) is 21.3 Å². The fourth-order valence-corrected chi connectivity index (χ4v) is 1.18. The van der Waals surface area contributed by atoms with Gasteiger partial charge in [-0.15, -0.1) is 0 Å². The Morgan fingerprint density at radius 3 is 2.36 bits per heavy atom. The molecule has 0 bridgehead atoms. The maximum absolute atomic E-state index is 5.19. The first kappa shape index (κ1) is 10.9. The first-order chi connectivity index (χ1) is 5.24. The molecule has 0 rings (SSSR count). The minimum absolute atomic E-state index is 0.374. The van der Waals surface area contributed by atoms with E-state index in [9.17, 15) is 0 Å². The third-order valence-electron chi connectivity index (χ3n) is 2.00. The highest BCUT2D eigenvalue weighted by Crippen LogP contribution is 2.03. The second kappa shape index (κ2) is 6.62. The molecule has 0 aliphatic carbocycles. The zero-order valence-electron chi connectivity index (χ0n) is 8.18.